The van der Waals surface area contributed by atoms with E-state index in [1.165, 1.54) is 0 Å². The molecule has 0 aromatic heterocycles. The monoisotopic (exact) mass is 558 g/mol. The molecule has 0 amide bonds. The molecule has 2 aliphatic heterocycles. The Balaban J connectivity index is 2.29. The zero-order valence-electron chi connectivity index (χ0n) is 16.7. The van der Waals surface area contributed by atoms with E-state index in [4.69, 9.17) is 0 Å². The quantitative estimate of drug-likeness (QED) is 0.184. The average Bonchev–Trinajstić information content (AvgIpc) is 3.58. The maximum atomic E-state index is 13.6. The van der Waals surface area contributed by atoms with Crippen molar-refractivity contribution in [3.63, 3.8) is 0 Å². The number of hydrogen-bond donors (Lipinski definition) is 0. The molecule has 2 fully saturated rings. The maximum absolute atomic E-state index is 13.6. The molecule has 0 spiro atoms. The Morgan fingerprint density at radius 1 is 0.486 bits per heavy atom. The van der Waals surface area contributed by atoms with Gasteiger partial charge in [0.05, 0.1) is 25.4 Å². The second-order valence-corrected chi connectivity index (χ2v) is 7.83. The van der Waals surface area contributed by atoms with Crippen LogP contribution in [-0.2, 0) is 14.2 Å². The summed E-state index contributed by atoms with van der Waals surface area (Å²) in [6.45, 7) is -0.573. The number of halogens is 16. The number of ether oxygens (including phenoxy) is 3. The molecular weight excluding hydrogens is 544 g/mol. The van der Waals surface area contributed by atoms with Crippen LogP contribution in [0.1, 0.15) is 25.7 Å². The van der Waals surface area contributed by atoms with Crippen LogP contribution in [0.25, 0.3) is 0 Å². The lowest BCUT2D eigenvalue weighted by molar-refractivity contribution is -0.515. The highest BCUT2D eigenvalue weighted by atomic mass is 19.4. The van der Waals surface area contributed by atoms with Gasteiger partial charge in [0.1, 0.15) is 0 Å². The zero-order valence-corrected chi connectivity index (χ0v) is 16.7. The second-order valence-electron chi connectivity index (χ2n) is 7.83. The fourth-order valence-corrected chi connectivity index (χ4v) is 2.58. The van der Waals surface area contributed by atoms with E-state index in [1.807, 2.05) is 0 Å². The van der Waals surface area contributed by atoms with Crippen molar-refractivity contribution in [2.24, 2.45) is 0 Å². The molecule has 0 radical (unpaired) electrons. The molecule has 208 valence electrons. The number of rotatable bonds is 14. The molecule has 35 heavy (non-hydrogen) atoms. The van der Waals surface area contributed by atoms with E-state index in [0.717, 1.165) is 0 Å². The largest absolute Gasteiger partial charge is 0.430 e. The molecule has 3 nitrogen and oxygen atoms in total. The third-order valence-corrected chi connectivity index (χ3v) is 5.06. The Labute approximate surface area is 184 Å². The van der Waals surface area contributed by atoms with Gasteiger partial charge in [0.15, 0.2) is 0 Å². The number of epoxide rings is 2. The Kier molecular flexibility index (Phi) is 7.42. The van der Waals surface area contributed by atoms with Crippen molar-refractivity contribution in [2.45, 2.75) is 85.6 Å². The first-order valence-corrected chi connectivity index (χ1v) is 9.32. The average molecular weight is 558 g/mol. The van der Waals surface area contributed by atoms with Gasteiger partial charge >= 0.3 is 47.8 Å². The normalized spacial score (nSPS) is 23.0. The first kappa shape index (κ1) is 30.0. The van der Waals surface area contributed by atoms with Crippen molar-refractivity contribution in [3.05, 3.63) is 0 Å². The summed E-state index contributed by atoms with van der Waals surface area (Å²) >= 11 is 0. The van der Waals surface area contributed by atoms with Crippen LogP contribution >= 0.6 is 0 Å². The van der Waals surface area contributed by atoms with Crippen LogP contribution in [0.15, 0.2) is 0 Å². The molecule has 0 saturated carbocycles. The van der Waals surface area contributed by atoms with E-state index in [-0.39, 0.29) is 13.2 Å². The van der Waals surface area contributed by atoms with Crippen LogP contribution in [0, 0.1) is 0 Å². The standard InChI is InChI=1S/C16H14F16O3/c17-9(18,3-1-7-5-33-7)11(21,22)13(25,26)15(29,30)35-16(31,32)14(27,28)12(23,24)10(19,20)4-2-8-6-34-8/h7-8H,1-6H2. The van der Waals surface area contributed by atoms with Gasteiger partial charge in [0.25, 0.3) is 0 Å². The van der Waals surface area contributed by atoms with Gasteiger partial charge < -0.3 is 9.47 Å². The maximum Gasteiger partial charge on any atom is 0.430 e. The van der Waals surface area contributed by atoms with E-state index >= 15 is 0 Å². The van der Waals surface area contributed by atoms with Gasteiger partial charge in [-0.1, -0.05) is 0 Å². The van der Waals surface area contributed by atoms with Crippen molar-refractivity contribution in [1.29, 1.82) is 0 Å². The molecule has 2 saturated heterocycles. The third-order valence-electron chi connectivity index (χ3n) is 5.06. The minimum Gasteiger partial charge on any atom is -0.373 e. The Bertz CT molecular complexity index is 698. The Hall–Kier alpha value is -1.24. The molecule has 0 aromatic rings. The third kappa shape index (κ3) is 5.26. The van der Waals surface area contributed by atoms with Gasteiger partial charge in [-0.3, -0.25) is 0 Å². The Morgan fingerprint density at radius 2 is 0.743 bits per heavy atom. The summed E-state index contributed by atoms with van der Waals surface area (Å²) in [6.07, 6.45) is -24.4. The lowest BCUT2D eigenvalue weighted by Crippen LogP contribution is -2.68. The van der Waals surface area contributed by atoms with Crippen molar-refractivity contribution in [2.75, 3.05) is 13.2 Å². The molecule has 2 atom stereocenters. The summed E-state index contributed by atoms with van der Waals surface area (Å²) in [7, 11) is 0. The summed E-state index contributed by atoms with van der Waals surface area (Å²) in [5, 5.41) is 0. The van der Waals surface area contributed by atoms with Crippen LogP contribution in [0.3, 0.4) is 0 Å². The predicted molar refractivity (Wildman–Crippen MR) is 78.6 cm³/mol. The van der Waals surface area contributed by atoms with Crippen molar-refractivity contribution < 1.29 is 84.5 Å². The minimum absolute atomic E-state index is 0.287. The fourth-order valence-electron chi connectivity index (χ4n) is 2.58. The molecule has 2 heterocycles. The van der Waals surface area contributed by atoms with Gasteiger partial charge in [0, 0.05) is 12.8 Å². The van der Waals surface area contributed by atoms with E-state index < -0.39 is 85.6 Å². The van der Waals surface area contributed by atoms with Gasteiger partial charge in [-0.25, -0.2) is 4.74 Å². The molecular formula is C16H14F16O3. The molecule has 19 heteroatoms. The zero-order chi connectivity index (χ0) is 27.5. The first-order chi connectivity index (χ1) is 15.4. The molecule has 2 rings (SSSR count). The SMILES string of the molecule is FC(F)(CCC1CO1)C(F)(F)C(F)(F)C(F)(F)OC(F)(F)C(F)(F)C(F)(F)C(F)(F)CCC1CO1. The number of hydrogen-bond acceptors (Lipinski definition) is 3. The predicted octanol–water partition coefficient (Wildman–Crippen LogP) is 6.36. The Morgan fingerprint density at radius 3 is 0.971 bits per heavy atom. The highest BCUT2D eigenvalue weighted by Gasteiger charge is 2.87. The number of alkyl halides is 16. The molecule has 0 bridgehead atoms. The van der Waals surface area contributed by atoms with Crippen molar-refractivity contribution >= 4 is 0 Å². The van der Waals surface area contributed by atoms with Crippen LogP contribution in [0.5, 0.6) is 0 Å². The van der Waals surface area contributed by atoms with Crippen LogP contribution in [-0.4, -0.2) is 73.2 Å². The molecule has 2 unspecified atom stereocenters. The summed E-state index contributed by atoms with van der Waals surface area (Å²) in [5.41, 5.74) is 0. The first-order valence-electron chi connectivity index (χ1n) is 9.32. The van der Waals surface area contributed by atoms with Gasteiger partial charge in [-0.15, -0.1) is 0 Å². The van der Waals surface area contributed by atoms with Crippen LogP contribution < -0.4 is 0 Å². The van der Waals surface area contributed by atoms with Crippen LogP contribution in [0.2, 0.25) is 0 Å². The van der Waals surface area contributed by atoms with Crippen molar-refractivity contribution in [3.8, 4) is 0 Å². The summed E-state index contributed by atoms with van der Waals surface area (Å²) < 4.78 is 227. The van der Waals surface area contributed by atoms with E-state index in [9.17, 15) is 70.2 Å². The van der Waals surface area contributed by atoms with Crippen molar-refractivity contribution in [1.82, 2.24) is 0 Å². The molecule has 0 aromatic carbocycles. The van der Waals surface area contributed by atoms with Gasteiger partial charge in [0.2, 0.25) is 0 Å². The van der Waals surface area contributed by atoms with Gasteiger partial charge in [-0.05, 0) is 12.8 Å². The highest BCUT2D eigenvalue weighted by Crippen LogP contribution is 2.59. The summed E-state index contributed by atoms with van der Waals surface area (Å²) in [5.74, 6) is -42.2. The van der Waals surface area contributed by atoms with E-state index in [2.05, 4.69) is 9.47 Å². The highest BCUT2D eigenvalue weighted by molar-refractivity contribution is 5.04. The van der Waals surface area contributed by atoms with E-state index in [0.29, 0.717) is 0 Å². The van der Waals surface area contributed by atoms with Crippen LogP contribution in [0.4, 0.5) is 70.2 Å². The summed E-state index contributed by atoms with van der Waals surface area (Å²) in [4.78, 5) is 0. The smallest absolute Gasteiger partial charge is 0.373 e. The second kappa shape index (κ2) is 8.66. The minimum atomic E-state index is -7.73. The fraction of sp³-hybridized carbons (Fsp3) is 1.00. The lowest BCUT2D eigenvalue weighted by Gasteiger charge is -2.40. The molecule has 0 aliphatic carbocycles. The molecule has 0 N–H and O–H groups in total. The molecule has 2 aliphatic rings. The van der Waals surface area contributed by atoms with Gasteiger partial charge in [-0.2, -0.15) is 70.2 Å². The summed E-state index contributed by atoms with van der Waals surface area (Å²) in [6, 6.07) is 0. The topological polar surface area (TPSA) is 34.3 Å². The van der Waals surface area contributed by atoms with E-state index in [1.54, 1.807) is 4.74 Å². The lowest BCUT2D eigenvalue weighted by atomic mass is 9.97.